The maximum absolute atomic E-state index is 12.1. The maximum Gasteiger partial charge on any atom is 0.332 e. The highest BCUT2D eigenvalue weighted by Crippen LogP contribution is 2.24. The number of nitrogens with zero attached hydrogens (tertiary/aromatic N) is 1. The first-order valence-corrected chi connectivity index (χ1v) is 11.2. The Morgan fingerprint density at radius 3 is 2.11 bits per heavy atom. The maximum atomic E-state index is 12.1. The largest absolute Gasteiger partial charge is 0.438 e. The van der Waals surface area contributed by atoms with Gasteiger partial charge >= 0.3 is 5.97 Å². The fraction of sp³-hybridized carbons (Fsp3) is 0.826. The van der Waals surface area contributed by atoms with Crippen molar-refractivity contribution in [2.75, 3.05) is 6.54 Å². The molecule has 0 aromatic heterocycles. The molecule has 27 heavy (non-hydrogen) atoms. The highest BCUT2D eigenvalue weighted by molar-refractivity contribution is 5.82. The molecule has 0 bridgehead atoms. The van der Waals surface area contributed by atoms with Gasteiger partial charge in [-0.25, -0.2) is 4.79 Å². The smallest absolute Gasteiger partial charge is 0.332 e. The van der Waals surface area contributed by atoms with E-state index in [1.54, 1.807) is 4.90 Å². The van der Waals surface area contributed by atoms with Gasteiger partial charge in [0.05, 0.1) is 0 Å². The van der Waals surface area contributed by atoms with E-state index in [1.165, 1.54) is 70.3 Å². The molecule has 0 aromatic carbocycles. The van der Waals surface area contributed by atoms with E-state index in [0.29, 0.717) is 13.0 Å². The van der Waals surface area contributed by atoms with Crippen molar-refractivity contribution in [3.63, 3.8) is 0 Å². The topological polar surface area (TPSA) is 46.6 Å². The third-order valence-corrected chi connectivity index (χ3v) is 5.57. The Kier molecular flexibility index (Phi) is 12.9. The summed E-state index contributed by atoms with van der Waals surface area (Å²) in [5.41, 5.74) is 0. The number of likely N-dealkylation sites (tertiary alicyclic amines) is 1. The molecule has 1 amide bonds. The van der Waals surface area contributed by atoms with Crippen molar-refractivity contribution in [3.8, 4) is 0 Å². The normalized spacial score (nSPS) is 16.4. The van der Waals surface area contributed by atoms with Gasteiger partial charge in [0.1, 0.15) is 0 Å². The molecule has 2 atom stereocenters. The van der Waals surface area contributed by atoms with Crippen molar-refractivity contribution < 1.29 is 14.3 Å². The molecule has 0 radical (unpaired) electrons. The van der Waals surface area contributed by atoms with Crippen LogP contribution in [0.4, 0.5) is 0 Å². The minimum absolute atomic E-state index is 0.0997. The molecule has 0 N–H and O–H groups in total. The van der Waals surface area contributed by atoms with E-state index >= 15 is 0 Å². The first-order chi connectivity index (χ1) is 13.1. The number of esters is 1. The summed E-state index contributed by atoms with van der Waals surface area (Å²) in [7, 11) is 0. The Hall–Kier alpha value is -1.32. The van der Waals surface area contributed by atoms with Crippen LogP contribution in [-0.4, -0.2) is 29.5 Å². The van der Waals surface area contributed by atoms with Gasteiger partial charge in [0.2, 0.25) is 5.91 Å². The predicted molar refractivity (Wildman–Crippen MR) is 111 cm³/mol. The van der Waals surface area contributed by atoms with Gasteiger partial charge in [-0.2, -0.15) is 0 Å². The molecule has 156 valence electrons. The lowest BCUT2D eigenvalue weighted by atomic mass is 9.99. The number of rotatable bonds is 16. The first kappa shape index (κ1) is 23.7. The third kappa shape index (κ3) is 9.97. The second-order valence-corrected chi connectivity index (χ2v) is 8.02. The Bertz CT molecular complexity index is 435. The first-order valence-electron chi connectivity index (χ1n) is 11.2. The summed E-state index contributed by atoms with van der Waals surface area (Å²) in [5.74, 6) is -0.178. The van der Waals surface area contributed by atoms with Gasteiger partial charge < -0.3 is 9.64 Å². The monoisotopic (exact) mass is 379 g/mol. The minimum atomic E-state index is -0.439. The zero-order valence-electron chi connectivity index (χ0n) is 17.7. The highest BCUT2D eigenvalue weighted by Gasteiger charge is 2.33. The van der Waals surface area contributed by atoms with Crippen LogP contribution in [0.2, 0.25) is 0 Å². The highest BCUT2D eigenvalue weighted by atomic mass is 16.6. The van der Waals surface area contributed by atoms with Crippen LogP contribution in [0.3, 0.4) is 0 Å². The van der Waals surface area contributed by atoms with Crippen LogP contribution >= 0.6 is 0 Å². The molecular formula is C23H41NO3. The Labute approximate surface area is 166 Å². The number of amides is 1. The van der Waals surface area contributed by atoms with Gasteiger partial charge in [0.15, 0.2) is 6.23 Å². The van der Waals surface area contributed by atoms with Crippen molar-refractivity contribution in [1.29, 1.82) is 0 Å². The fourth-order valence-corrected chi connectivity index (χ4v) is 3.87. The molecule has 1 aliphatic rings. The summed E-state index contributed by atoms with van der Waals surface area (Å²) < 4.78 is 5.51. The average molecular weight is 380 g/mol. The van der Waals surface area contributed by atoms with Crippen molar-refractivity contribution in [3.05, 3.63) is 12.7 Å². The van der Waals surface area contributed by atoms with Gasteiger partial charge in [-0.05, 0) is 12.8 Å². The number of hydrogen-bond acceptors (Lipinski definition) is 3. The molecule has 0 saturated carbocycles. The molecule has 1 fully saturated rings. The summed E-state index contributed by atoms with van der Waals surface area (Å²) in [6.45, 7) is 8.51. The number of carbonyl (C=O) groups excluding carboxylic acids is 2. The molecule has 1 aliphatic heterocycles. The minimum Gasteiger partial charge on any atom is -0.438 e. The van der Waals surface area contributed by atoms with Crippen LogP contribution in [-0.2, 0) is 14.3 Å². The van der Waals surface area contributed by atoms with E-state index < -0.39 is 12.2 Å². The van der Waals surface area contributed by atoms with Gasteiger partial charge in [0, 0.05) is 25.0 Å². The lowest BCUT2D eigenvalue weighted by molar-refractivity contribution is -0.163. The van der Waals surface area contributed by atoms with Gasteiger partial charge in [-0.15, -0.1) is 0 Å². The van der Waals surface area contributed by atoms with E-state index in [-0.39, 0.29) is 11.8 Å². The molecule has 0 aliphatic carbocycles. The molecule has 0 aromatic rings. The number of unbranched alkanes of at least 4 members (excludes halogenated alkanes) is 10. The number of carbonyl (C=O) groups is 2. The standard InChI is InChI=1S/C23H41NO3/c1-4-6-7-8-9-10-11-12-13-14-15-17-20(3)23(27-22(26)5-2)24-19-16-18-21(24)25/h5,20,23H,2,4,6-19H2,1,3H3. The second-order valence-electron chi connectivity index (χ2n) is 8.02. The van der Waals surface area contributed by atoms with Crippen molar-refractivity contribution in [2.24, 2.45) is 5.92 Å². The van der Waals surface area contributed by atoms with Gasteiger partial charge in [0.25, 0.3) is 0 Å². The summed E-state index contributed by atoms with van der Waals surface area (Å²) >= 11 is 0. The van der Waals surface area contributed by atoms with E-state index in [0.717, 1.165) is 19.3 Å². The van der Waals surface area contributed by atoms with Crippen LogP contribution in [0.15, 0.2) is 12.7 Å². The lowest BCUT2D eigenvalue weighted by Crippen LogP contribution is -2.43. The molecule has 4 heteroatoms. The van der Waals surface area contributed by atoms with Crippen LogP contribution in [0, 0.1) is 5.92 Å². The van der Waals surface area contributed by atoms with Crippen molar-refractivity contribution in [2.45, 2.75) is 110 Å². The van der Waals surface area contributed by atoms with Crippen LogP contribution in [0.5, 0.6) is 0 Å². The lowest BCUT2D eigenvalue weighted by Gasteiger charge is -2.31. The molecule has 4 nitrogen and oxygen atoms in total. The third-order valence-electron chi connectivity index (χ3n) is 5.57. The quantitative estimate of drug-likeness (QED) is 0.188. The molecular weight excluding hydrogens is 338 g/mol. The summed E-state index contributed by atoms with van der Waals surface area (Å²) in [5, 5.41) is 0. The van der Waals surface area contributed by atoms with Gasteiger partial charge in [-0.1, -0.05) is 91.1 Å². The SMILES string of the molecule is C=CC(=O)OC(C(C)CCCCCCCCCCCCC)N1CCCC1=O. The molecule has 0 spiro atoms. The summed E-state index contributed by atoms with van der Waals surface area (Å²) in [4.78, 5) is 25.5. The van der Waals surface area contributed by atoms with E-state index in [2.05, 4.69) is 20.4 Å². The van der Waals surface area contributed by atoms with Gasteiger partial charge in [-0.3, -0.25) is 4.79 Å². The summed E-state index contributed by atoms with van der Waals surface area (Å²) in [6, 6.07) is 0. The Morgan fingerprint density at radius 1 is 1.07 bits per heavy atom. The van der Waals surface area contributed by atoms with Crippen LogP contribution in [0.25, 0.3) is 0 Å². The summed E-state index contributed by atoms with van der Waals surface area (Å²) in [6.07, 6.45) is 17.7. The Balaban J connectivity index is 2.18. The van der Waals surface area contributed by atoms with Crippen LogP contribution in [0.1, 0.15) is 104 Å². The Morgan fingerprint density at radius 2 is 1.63 bits per heavy atom. The van der Waals surface area contributed by atoms with E-state index in [9.17, 15) is 9.59 Å². The molecule has 2 unspecified atom stereocenters. The zero-order chi connectivity index (χ0) is 19.9. The average Bonchev–Trinajstić information content (AvgIpc) is 3.09. The van der Waals surface area contributed by atoms with Crippen molar-refractivity contribution >= 4 is 11.9 Å². The fourth-order valence-electron chi connectivity index (χ4n) is 3.87. The second kappa shape index (κ2) is 14.7. The number of ether oxygens (including phenoxy) is 1. The van der Waals surface area contributed by atoms with E-state index in [4.69, 9.17) is 4.74 Å². The predicted octanol–water partition coefficient (Wildman–Crippen LogP) is 6.00. The zero-order valence-corrected chi connectivity index (χ0v) is 17.7. The van der Waals surface area contributed by atoms with Crippen molar-refractivity contribution in [1.82, 2.24) is 4.90 Å². The van der Waals surface area contributed by atoms with Crippen LogP contribution < -0.4 is 0 Å². The molecule has 1 rings (SSSR count). The molecule has 1 heterocycles. The molecule has 1 saturated heterocycles. The van der Waals surface area contributed by atoms with E-state index in [1.807, 2.05) is 0 Å². The number of hydrogen-bond donors (Lipinski definition) is 0.